The van der Waals surface area contributed by atoms with Crippen LogP contribution >= 0.6 is 15.9 Å². The van der Waals surface area contributed by atoms with Crippen molar-refractivity contribution in [2.24, 2.45) is 0 Å². The summed E-state index contributed by atoms with van der Waals surface area (Å²) in [4.78, 5) is 7.88. The number of hydrogen-bond acceptors (Lipinski definition) is 4. The van der Waals surface area contributed by atoms with E-state index in [-0.39, 0.29) is 0 Å². The molecule has 0 atom stereocenters. The molecule has 2 aromatic heterocycles. The molecule has 0 aliphatic carbocycles. The molecule has 4 nitrogen and oxygen atoms in total. The lowest BCUT2D eigenvalue weighted by Gasteiger charge is -1.85. The highest BCUT2D eigenvalue weighted by Gasteiger charge is 1.86. The Balaban J connectivity index is 0.000000407. The van der Waals surface area contributed by atoms with Gasteiger partial charge in [-0.2, -0.15) is 0 Å². The first-order valence-electron chi connectivity index (χ1n) is 10.5. The van der Waals surface area contributed by atoms with E-state index in [4.69, 9.17) is 10.0 Å². The zero-order valence-corrected chi connectivity index (χ0v) is 21.3. The van der Waals surface area contributed by atoms with Crippen molar-refractivity contribution in [3.63, 3.8) is 0 Å². The van der Waals surface area contributed by atoms with Gasteiger partial charge in [-0.15, -0.1) is 0 Å². The van der Waals surface area contributed by atoms with Crippen molar-refractivity contribution in [1.82, 2.24) is 9.97 Å². The van der Waals surface area contributed by atoms with Gasteiger partial charge >= 0.3 is 7.12 Å². The number of hydrogen-bond donors (Lipinski definition) is 2. The number of rotatable bonds is 2. The second kappa shape index (κ2) is 21.5. The summed E-state index contributed by atoms with van der Waals surface area (Å²) >= 11 is 3.20. The van der Waals surface area contributed by atoms with Crippen molar-refractivity contribution < 1.29 is 10.0 Å². The van der Waals surface area contributed by atoms with Crippen LogP contribution in [-0.4, -0.2) is 27.1 Å². The predicted octanol–water partition coefficient (Wildman–Crippen LogP) is 6.98. The molecule has 0 bridgehead atoms. The highest BCUT2D eigenvalue weighted by Crippen LogP contribution is 2.00. The summed E-state index contributed by atoms with van der Waals surface area (Å²) < 4.78 is 0.884. The van der Waals surface area contributed by atoms with Crippen molar-refractivity contribution in [3.05, 3.63) is 144 Å². The molecule has 2 N–H and O–H groups in total. The van der Waals surface area contributed by atoms with E-state index in [1.807, 2.05) is 116 Å². The smallest absolute Gasteiger partial charge is 0.427 e. The zero-order valence-electron chi connectivity index (χ0n) is 19.7. The SMILES string of the molecule is Brc1ccccn1.C=Cc1ccccc1.C=Cc1ccccc1.CB(O)O.Cc1ccccn1. The summed E-state index contributed by atoms with van der Waals surface area (Å²) in [6.07, 6.45) is 7.19. The van der Waals surface area contributed by atoms with Crippen molar-refractivity contribution >= 4 is 35.2 Å². The highest BCUT2D eigenvalue weighted by molar-refractivity contribution is 9.10. The van der Waals surface area contributed by atoms with Gasteiger partial charge in [0.2, 0.25) is 0 Å². The van der Waals surface area contributed by atoms with Crippen LogP contribution in [-0.2, 0) is 0 Å². The number of aromatic nitrogens is 2. The van der Waals surface area contributed by atoms with E-state index in [0.29, 0.717) is 0 Å². The second-order valence-electron chi connectivity index (χ2n) is 6.49. The van der Waals surface area contributed by atoms with E-state index in [9.17, 15) is 0 Å². The van der Waals surface area contributed by atoms with Crippen LogP contribution in [0.15, 0.2) is 127 Å². The molecule has 176 valence electrons. The first-order valence-corrected chi connectivity index (χ1v) is 11.3. The number of aryl methyl sites for hydroxylation is 1. The van der Waals surface area contributed by atoms with Gasteiger partial charge in [-0.3, -0.25) is 4.98 Å². The predicted molar refractivity (Wildman–Crippen MR) is 150 cm³/mol. The molecule has 4 rings (SSSR count). The molecule has 0 saturated carbocycles. The summed E-state index contributed by atoms with van der Waals surface area (Å²) in [6, 6.07) is 31.6. The molecule has 0 radical (unpaired) electrons. The minimum Gasteiger partial charge on any atom is -0.427 e. The molecule has 2 heterocycles. The summed E-state index contributed by atoms with van der Waals surface area (Å²) in [6.45, 7) is 10.5. The van der Waals surface area contributed by atoms with Crippen molar-refractivity contribution in [2.75, 3.05) is 0 Å². The Bertz CT molecular complexity index is 904. The Labute approximate surface area is 212 Å². The van der Waals surface area contributed by atoms with Crippen LogP contribution in [0, 0.1) is 6.92 Å². The van der Waals surface area contributed by atoms with E-state index in [0.717, 1.165) is 10.3 Å². The summed E-state index contributed by atoms with van der Waals surface area (Å²) in [5, 5.41) is 15.2. The average Bonchev–Trinajstić information content (AvgIpc) is 2.87. The van der Waals surface area contributed by atoms with Gasteiger partial charge in [-0.1, -0.05) is 98.1 Å². The van der Waals surface area contributed by atoms with Gasteiger partial charge in [0.05, 0.1) is 0 Å². The van der Waals surface area contributed by atoms with Crippen molar-refractivity contribution in [2.45, 2.75) is 13.7 Å². The molecular formula is C28H32BBrN2O2. The van der Waals surface area contributed by atoms with E-state index in [2.05, 4.69) is 39.1 Å². The number of nitrogens with zero attached hydrogens (tertiary/aromatic N) is 2. The maximum Gasteiger partial charge on any atom is 0.448 e. The summed E-state index contributed by atoms with van der Waals surface area (Å²) in [7, 11) is -1.17. The average molecular weight is 519 g/mol. The minimum absolute atomic E-state index is 0.884. The Morgan fingerprint density at radius 2 is 1.06 bits per heavy atom. The van der Waals surface area contributed by atoms with Crippen molar-refractivity contribution in [1.29, 1.82) is 0 Å². The van der Waals surface area contributed by atoms with Gasteiger partial charge in [-0.05, 0) is 65.1 Å². The fraction of sp³-hybridized carbons (Fsp3) is 0.0714. The van der Waals surface area contributed by atoms with E-state index in [1.54, 1.807) is 12.4 Å². The molecular weight excluding hydrogens is 487 g/mol. The summed E-state index contributed by atoms with van der Waals surface area (Å²) in [5.74, 6) is 0. The standard InChI is InChI=1S/2C8H8.C6H7N.C5H4BrN.CH5BO2/c2*1-2-8-6-4-3-5-7-8;1-6-4-2-3-5-7-6;6-5-3-1-2-4-7-5;1-2(3)4/h2*2-7H,1H2;2-5H,1H3;1-4H;3-4H,1H3. The van der Waals surface area contributed by atoms with Gasteiger partial charge in [0, 0.05) is 18.1 Å². The Morgan fingerprint density at radius 1 is 0.676 bits per heavy atom. The van der Waals surface area contributed by atoms with E-state index < -0.39 is 7.12 Å². The zero-order chi connectivity index (χ0) is 25.4. The number of halogens is 1. The van der Waals surface area contributed by atoms with Crippen LogP contribution in [0.4, 0.5) is 0 Å². The third-order valence-electron chi connectivity index (χ3n) is 3.51. The molecule has 2 aromatic carbocycles. The topological polar surface area (TPSA) is 66.2 Å². The van der Waals surface area contributed by atoms with E-state index in [1.165, 1.54) is 17.9 Å². The Kier molecular flexibility index (Phi) is 19.4. The third-order valence-corrected chi connectivity index (χ3v) is 3.98. The first-order chi connectivity index (χ1) is 16.4. The molecule has 0 unspecified atom stereocenters. The minimum atomic E-state index is -1.17. The number of pyridine rings is 2. The van der Waals surface area contributed by atoms with Crippen LogP contribution in [0.2, 0.25) is 6.82 Å². The summed E-state index contributed by atoms with van der Waals surface area (Å²) in [5.41, 5.74) is 3.42. The molecule has 4 aromatic rings. The fourth-order valence-electron chi connectivity index (χ4n) is 1.97. The van der Waals surface area contributed by atoms with Crippen LogP contribution < -0.4 is 0 Å². The molecule has 0 saturated heterocycles. The maximum absolute atomic E-state index is 7.61. The lowest BCUT2D eigenvalue weighted by molar-refractivity contribution is 0.417. The van der Waals surface area contributed by atoms with Gasteiger partial charge < -0.3 is 10.0 Å². The quantitative estimate of drug-likeness (QED) is 0.222. The second-order valence-corrected chi connectivity index (χ2v) is 7.30. The maximum atomic E-state index is 7.61. The van der Waals surface area contributed by atoms with E-state index >= 15 is 0 Å². The van der Waals surface area contributed by atoms with Gasteiger partial charge in [0.1, 0.15) is 4.60 Å². The number of benzene rings is 2. The first kappa shape index (κ1) is 30.7. The van der Waals surface area contributed by atoms with Gasteiger partial charge in [0.15, 0.2) is 0 Å². The van der Waals surface area contributed by atoms with Crippen LogP contribution in [0.3, 0.4) is 0 Å². The lowest BCUT2D eigenvalue weighted by Crippen LogP contribution is -2.00. The molecule has 34 heavy (non-hydrogen) atoms. The molecule has 0 amide bonds. The molecule has 0 fully saturated rings. The highest BCUT2D eigenvalue weighted by atomic mass is 79.9. The molecule has 0 aliphatic rings. The van der Waals surface area contributed by atoms with Crippen LogP contribution in [0.5, 0.6) is 0 Å². The normalized spacial score (nSPS) is 8.38. The lowest BCUT2D eigenvalue weighted by atomic mass is 9.99. The van der Waals surface area contributed by atoms with Crippen LogP contribution in [0.25, 0.3) is 12.2 Å². The van der Waals surface area contributed by atoms with Gasteiger partial charge in [0.25, 0.3) is 0 Å². The Hall–Kier alpha value is -3.32. The Morgan fingerprint density at radius 3 is 1.24 bits per heavy atom. The van der Waals surface area contributed by atoms with Gasteiger partial charge in [-0.25, -0.2) is 4.98 Å². The monoisotopic (exact) mass is 518 g/mol. The molecule has 6 heteroatoms. The van der Waals surface area contributed by atoms with Crippen LogP contribution in [0.1, 0.15) is 16.8 Å². The third kappa shape index (κ3) is 20.6. The fourth-order valence-corrected chi connectivity index (χ4v) is 2.24. The largest absolute Gasteiger partial charge is 0.448 e. The molecule has 0 aliphatic heterocycles. The van der Waals surface area contributed by atoms with Crippen molar-refractivity contribution in [3.8, 4) is 0 Å². The molecule has 0 spiro atoms.